The molecule has 0 heterocycles. The summed E-state index contributed by atoms with van der Waals surface area (Å²) in [5.74, 6) is -0.276. The van der Waals surface area contributed by atoms with E-state index in [2.05, 4.69) is 15.0 Å². The minimum Gasteiger partial charge on any atom is -0.435 e. The minimum absolute atomic E-state index is 0.111. The third kappa shape index (κ3) is 4.61. The molecule has 0 fully saturated rings. The van der Waals surface area contributed by atoms with E-state index in [1.54, 1.807) is 18.2 Å². The molecule has 24 heavy (non-hydrogen) atoms. The predicted octanol–water partition coefficient (Wildman–Crippen LogP) is 5.28. The fourth-order valence-electron chi connectivity index (χ4n) is 2.12. The van der Waals surface area contributed by atoms with Crippen LogP contribution in [0.5, 0.6) is 5.75 Å². The van der Waals surface area contributed by atoms with Gasteiger partial charge in [-0.05, 0) is 55.3 Å². The Hall–Kier alpha value is -2.28. The summed E-state index contributed by atoms with van der Waals surface area (Å²) in [7, 11) is 1.44. The number of benzene rings is 2. The maximum Gasteiger partial charge on any atom is 0.387 e. The van der Waals surface area contributed by atoms with E-state index in [4.69, 9.17) is 0 Å². The van der Waals surface area contributed by atoms with Crippen molar-refractivity contribution >= 4 is 17.7 Å². The lowest BCUT2D eigenvalue weighted by atomic mass is 10.1. The van der Waals surface area contributed by atoms with Crippen LogP contribution in [0.25, 0.3) is 0 Å². The molecule has 0 spiro atoms. The van der Waals surface area contributed by atoms with Gasteiger partial charge in [-0.3, -0.25) is 4.79 Å². The van der Waals surface area contributed by atoms with E-state index in [9.17, 15) is 13.6 Å². The number of rotatable bonds is 5. The molecule has 0 aromatic heterocycles. The summed E-state index contributed by atoms with van der Waals surface area (Å²) in [6.07, 6.45) is 0. The summed E-state index contributed by atoms with van der Waals surface area (Å²) in [6, 6.07) is 10.1. The number of halogens is 2. The molecule has 2 rings (SSSR count). The Morgan fingerprint density at radius 1 is 1.17 bits per heavy atom. The Balaban J connectivity index is 2.27. The topological polar surface area (TPSA) is 51.0 Å². The quantitative estimate of drug-likeness (QED) is 0.690. The largest absolute Gasteiger partial charge is 0.435 e. The lowest BCUT2D eigenvalue weighted by molar-refractivity contribution is -0.0499. The second-order valence-electron chi connectivity index (χ2n) is 4.99. The first-order chi connectivity index (χ1) is 11.4. The Morgan fingerprint density at radius 2 is 1.92 bits per heavy atom. The fourth-order valence-corrected chi connectivity index (χ4v) is 3.15. The van der Waals surface area contributed by atoms with Gasteiger partial charge in [0.05, 0.1) is 0 Å². The van der Waals surface area contributed by atoms with Gasteiger partial charge in [0.1, 0.15) is 5.75 Å². The predicted molar refractivity (Wildman–Crippen MR) is 88.2 cm³/mol. The van der Waals surface area contributed by atoms with Crippen LogP contribution in [0.1, 0.15) is 21.5 Å². The number of carbonyl (C=O) groups excluding carboxylic acids is 1. The zero-order valence-electron chi connectivity index (χ0n) is 13.4. The van der Waals surface area contributed by atoms with Crippen LogP contribution in [0, 0.1) is 13.8 Å². The maximum absolute atomic E-state index is 12.3. The van der Waals surface area contributed by atoms with Gasteiger partial charge in [-0.25, -0.2) is 0 Å². The van der Waals surface area contributed by atoms with Crippen molar-refractivity contribution in [3.63, 3.8) is 0 Å². The maximum atomic E-state index is 12.3. The smallest absolute Gasteiger partial charge is 0.387 e. The van der Waals surface area contributed by atoms with Crippen molar-refractivity contribution in [2.24, 2.45) is 10.2 Å². The number of ether oxygens (including phenoxy) is 1. The van der Waals surface area contributed by atoms with Crippen molar-refractivity contribution in [3.8, 4) is 5.75 Å². The van der Waals surface area contributed by atoms with Gasteiger partial charge in [0.2, 0.25) is 0 Å². The van der Waals surface area contributed by atoms with Gasteiger partial charge in [-0.2, -0.15) is 13.9 Å². The monoisotopic (exact) mass is 350 g/mol. The Bertz CT molecular complexity index is 779. The molecule has 1 amide bonds. The third-order valence-corrected chi connectivity index (χ3v) is 4.35. The van der Waals surface area contributed by atoms with Gasteiger partial charge >= 0.3 is 6.61 Å². The second-order valence-corrected chi connectivity index (χ2v) is 6.11. The highest BCUT2D eigenvalue weighted by atomic mass is 32.2. The molecule has 0 aliphatic rings. The van der Waals surface area contributed by atoms with Gasteiger partial charge in [0.15, 0.2) is 0 Å². The van der Waals surface area contributed by atoms with Crippen molar-refractivity contribution in [1.82, 2.24) is 0 Å². The third-order valence-electron chi connectivity index (χ3n) is 3.20. The van der Waals surface area contributed by atoms with Crippen molar-refractivity contribution in [2.75, 3.05) is 7.05 Å². The standard InChI is InChI=1S/C17H16F2N2O2S/c1-10-8-15(11(2)7-14(10)16(22)21-20-3)24-13-6-4-5-12(9-13)23-17(18)19/h4-9,17H,1-3H3. The second kappa shape index (κ2) is 8.01. The molecule has 2 aromatic carbocycles. The lowest BCUT2D eigenvalue weighted by Gasteiger charge is -2.11. The molecule has 7 heteroatoms. The lowest BCUT2D eigenvalue weighted by Crippen LogP contribution is -2.01. The van der Waals surface area contributed by atoms with Gasteiger partial charge in [-0.1, -0.05) is 17.8 Å². The van der Waals surface area contributed by atoms with E-state index in [0.29, 0.717) is 5.56 Å². The SMILES string of the molecule is CN=NC(=O)c1cc(C)c(Sc2cccc(OC(F)F)c2)cc1C. The van der Waals surface area contributed by atoms with Crippen LogP contribution in [-0.2, 0) is 0 Å². The van der Waals surface area contributed by atoms with Crippen LogP contribution < -0.4 is 4.74 Å². The summed E-state index contributed by atoms with van der Waals surface area (Å²) in [5, 5.41) is 7.04. The minimum atomic E-state index is -2.85. The van der Waals surface area contributed by atoms with E-state index in [1.807, 2.05) is 26.0 Å². The highest BCUT2D eigenvalue weighted by Crippen LogP contribution is 2.34. The van der Waals surface area contributed by atoms with Crippen molar-refractivity contribution in [3.05, 3.63) is 53.1 Å². The van der Waals surface area contributed by atoms with Crippen LogP contribution in [-0.4, -0.2) is 19.6 Å². The molecule has 0 bridgehead atoms. The van der Waals surface area contributed by atoms with Crippen molar-refractivity contribution in [2.45, 2.75) is 30.2 Å². The number of aryl methyl sites for hydroxylation is 2. The normalized spacial score (nSPS) is 11.2. The Morgan fingerprint density at radius 3 is 2.58 bits per heavy atom. The van der Waals surface area contributed by atoms with Gasteiger partial charge < -0.3 is 4.74 Å². The molecule has 2 aromatic rings. The number of alkyl halides is 2. The molecule has 0 saturated heterocycles. The van der Waals surface area contributed by atoms with E-state index in [0.717, 1.165) is 20.9 Å². The zero-order valence-corrected chi connectivity index (χ0v) is 14.2. The number of amides is 1. The summed E-state index contributed by atoms with van der Waals surface area (Å²) in [5.41, 5.74) is 2.16. The first-order valence-electron chi connectivity index (χ1n) is 7.09. The Labute approximate surface area is 142 Å². The molecular weight excluding hydrogens is 334 g/mol. The van der Waals surface area contributed by atoms with Crippen molar-refractivity contribution in [1.29, 1.82) is 0 Å². The highest BCUT2D eigenvalue weighted by molar-refractivity contribution is 7.99. The van der Waals surface area contributed by atoms with Crippen LogP contribution in [0.2, 0.25) is 0 Å². The van der Waals surface area contributed by atoms with Crippen molar-refractivity contribution < 1.29 is 18.3 Å². The van der Waals surface area contributed by atoms with E-state index >= 15 is 0 Å². The number of carbonyl (C=O) groups is 1. The molecule has 0 saturated carbocycles. The van der Waals surface area contributed by atoms with Gasteiger partial charge in [0.25, 0.3) is 5.91 Å². The number of nitrogens with zero attached hydrogens (tertiary/aromatic N) is 2. The van der Waals surface area contributed by atoms with Crippen LogP contribution in [0.15, 0.2) is 56.4 Å². The average molecular weight is 350 g/mol. The van der Waals surface area contributed by atoms with Crippen LogP contribution in [0.4, 0.5) is 8.78 Å². The molecule has 0 unspecified atom stereocenters. The van der Waals surface area contributed by atoms with E-state index in [-0.39, 0.29) is 11.7 Å². The Kier molecular flexibility index (Phi) is 6.03. The molecular formula is C17H16F2N2O2S. The molecule has 0 aliphatic heterocycles. The van der Waals surface area contributed by atoms with E-state index in [1.165, 1.54) is 24.9 Å². The number of hydrogen-bond acceptors (Lipinski definition) is 4. The molecule has 0 radical (unpaired) electrons. The van der Waals surface area contributed by atoms with E-state index < -0.39 is 6.61 Å². The summed E-state index contributed by atoms with van der Waals surface area (Å²) >= 11 is 1.41. The van der Waals surface area contributed by atoms with Crippen LogP contribution >= 0.6 is 11.8 Å². The van der Waals surface area contributed by atoms with Gasteiger partial charge in [-0.15, -0.1) is 5.11 Å². The number of azo groups is 1. The molecule has 0 aliphatic carbocycles. The molecule has 0 atom stereocenters. The summed E-state index contributed by atoms with van der Waals surface area (Å²) < 4.78 is 29.0. The summed E-state index contributed by atoms with van der Waals surface area (Å²) in [4.78, 5) is 13.6. The van der Waals surface area contributed by atoms with Gasteiger partial charge in [0, 0.05) is 22.4 Å². The molecule has 0 N–H and O–H groups in total. The first-order valence-corrected chi connectivity index (χ1v) is 7.90. The molecule has 126 valence electrons. The average Bonchev–Trinajstić information content (AvgIpc) is 2.50. The summed E-state index contributed by atoms with van der Waals surface area (Å²) in [6.45, 7) is 0.839. The van der Waals surface area contributed by atoms with Crippen LogP contribution in [0.3, 0.4) is 0 Å². The highest BCUT2D eigenvalue weighted by Gasteiger charge is 2.13. The first kappa shape index (κ1) is 18.1. The molecule has 4 nitrogen and oxygen atoms in total. The zero-order chi connectivity index (χ0) is 17.7. The number of hydrogen-bond donors (Lipinski definition) is 0. The fraction of sp³-hybridized carbons (Fsp3) is 0.235.